The Morgan fingerprint density at radius 3 is 2.77 bits per heavy atom. The van der Waals surface area contributed by atoms with Crippen LogP contribution in [0.1, 0.15) is 20.3 Å². The molecule has 0 aliphatic carbocycles. The maximum absolute atomic E-state index is 10.5. The van der Waals surface area contributed by atoms with Crippen molar-refractivity contribution in [1.29, 1.82) is 0 Å². The molecule has 3 rings (SSSR count). The van der Waals surface area contributed by atoms with Crippen LogP contribution in [0.15, 0.2) is 42.5 Å². The van der Waals surface area contributed by atoms with E-state index in [1.165, 1.54) is 21.5 Å². The van der Waals surface area contributed by atoms with Crippen molar-refractivity contribution >= 4 is 40.4 Å². The first-order valence-electron chi connectivity index (χ1n) is 8.00. The lowest BCUT2D eigenvalue weighted by Crippen LogP contribution is -1.97. The zero-order valence-electron chi connectivity index (χ0n) is 14.2. The van der Waals surface area contributed by atoms with Crippen molar-refractivity contribution in [1.82, 2.24) is 4.98 Å². The molecule has 0 fully saturated rings. The normalized spacial score (nSPS) is 10.3. The lowest BCUT2D eigenvalue weighted by atomic mass is 10.2. The molecule has 3 nitrogen and oxygen atoms in total. The number of aromatic nitrogens is 1. The van der Waals surface area contributed by atoms with E-state index in [4.69, 9.17) is 10.1 Å². The molecule has 0 aliphatic heterocycles. The topological polar surface area (TPSA) is 50.2 Å². The van der Waals surface area contributed by atoms with Crippen LogP contribution in [0.2, 0.25) is 0 Å². The Morgan fingerprint density at radius 1 is 1.19 bits per heavy atom. The van der Waals surface area contributed by atoms with Gasteiger partial charge in [0.2, 0.25) is 0 Å². The van der Waals surface area contributed by atoms with E-state index in [0.29, 0.717) is 5.75 Å². The molecule has 6 heteroatoms. The van der Waals surface area contributed by atoms with Crippen LogP contribution in [0.3, 0.4) is 0 Å². The summed E-state index contributed by atoms with van der Waals surface area (Å²) in [4.78, 5) is 18.8. The van der Waals surface area contributed by atoms with Crippen LogP contribution >= 0.6 is 34.4 Å². The third-order valence-corrected chi connectivity index (χ3v) is 6.39. The molecule has 0 amide bonds. The molecule has 0 unspecified atom stereocenters. The highest BCUT2D eigenvalue weighted by atomic mass is 32.2. The second kappa shape index (κ2) is 9.04. The number of hydrogen-bond acceptors (Lipinski definition) is 5. The molecule has 2 aromatic heterocycles. The van der Waals surface area contributed by atoms with Crippen molar-refractivity contribution in [3.05, 3.63) is 62.8 Å². The molecule has 0 saturated carbocycles. The van der Waals surface area contributed by atoms with Gasteiger partial charge < -0.3 is 5.11 Å². The average Bonchev–Trinajstić information content (AvgIpc) is 3.22. The molecule has 2 heterocycles. The van der Waals surface area contributed by atoms with Gasteiger partial charge in [0.15, 0.2) is 0 Å². The SMILES string of the molecule is Cc1sc(-c2ccccc2)nc1Cc1ccc(C#CCSCC(=O)O)s1. The minimum atomic E-state index is -0.802. The van der Waals surface area contributed by atoms with Gasteiger partial charge in [-0.2, -0.15) is 0 Å². The number of carbonyl (C=O) groups is 1. The molecule has 1 N–H and O–H groups in total. The molecule has 132 valence electrons. The lowest BCUT2D eigenvalue weighted by Gasteiger charge is -1.95. The molecule has 26 heavy (non-hydrogen) atoms. The quantitative estimate of drug-likeness (QED) is 0.471. The summed E-state index contributed by atoms with van der Waals surface area (Å²) in [5.74, 6) is 5.95. The number of carboxylic acid groups (broad SMARTS) is 1. The first-order valence-corrected chi connectivity index (χ1v) is 10.8. The first kappa shape index (κ1) is 18.7. The van der Waals surface area contributed by atoms with Gasteiger partial charge in [-0.1, -0.05) is 42.2 Å². The van der Waals surface area contributed by atoms with Gasteiger partial charge in [-0.05, 0) is 19.1 Å². The molecule has 1 aromatic carbocycles. The summed E-state index contributed by atoms with van der Waals surface area (Å²) in [6, 6.07) is 14.4. The van der Waals surface area contributed by atoms with E-state index in [1.807, 2.05) is 24.3 Å². The van der Waals surface area contributed by atoms with Gasteiger partial charge in [-0.15, -0.1) is 34.4 Å². The fourth-order valence-electron chi connectivity index (χ4n) is 2.31. The van der Waals surface area contributed by atoms with Crippen molar-refractivity contribution < 1.29 is 9.90 Å². The Balaban J connectivity index is 1.64. The Morgan fingerprint density at radius 2 is 2.00 bits per heavy atom. The Kier molecular flexibility index (Phi) is 6.51. The van der Waals surface area contributed by atoms with Crippen LogP contribution in [-0.4, -0.2) is 27.6 Å². The second-order valence-corrected chi connectivity index (χ2v) is 8.88. The van der Waals surface area contributed by atoms with Crippen molar-refractivity contribution in [3.63, 3.8) is 0 Å². The van der Waals surface area contributed by atoms with E-state index in [0.717, 1.165) is 27.6 Å². The van der Waals surface area contributed by atoms with E-state index in [2.05, 4.69) is 37.0 Å². The number of thioether (sulfide) groups is 1. The third kappa shape index (κ3) is 5.21. The van der Waals surface area contributed by atoms with Gasteiger partial charge in [0.25, 0.3) is 0 Å². The molecule has 0 radical (unpaired) electrons. The molecule has 0 aliphatic rings. The second-order valence-electron chi connectivity index (χ2n) is 5.52. The fourth-order valence-corrected chi connectivity index (χ4v) is 4.59. The minimum Gasteiger partial charge on any atom is -0.481 e. The molecule has 0 saturated heterocycles. The number of hydrogen-bond donors (Lipinski definition) is 1. The van der Waals surface area contributed by atoms with E-state index in [-0.39, 0.29) is 5.75 Å². The zero-order chi connectivity index (χ0) is 18.4. The van der Waals surface area contributed by atoms with Crippen molar-refractivity contribution in [2.24, 2.45) is 0 Å². The molecular weight excluding hydrogens is 382 g/mol. The number of aryl methyl sites for hydroxylation is 1. The Labute approximate surface area is 165 Å². The van der Waals surface area contributed by atoms with Crippen LogP contribution in [0, 0.1) is 18.8 Å². The largest absolute Gasteiger partial charge is 0.481 e. The Hall–Kier alpha value is -2.07. The summed E-state index contributed by atoms with van der Waals surface area (Å²) in [6.07, 6.45) is 0.815. The maximum Gasteiger partial charge on any atom is 0.313 e. The van der Waals surface area contributed by atoms with Crippen LogP contribution in [0.5, 0.6) is 0 Å². The summed E-state index contributed by atoms with van der Waals surface area (Å²) in [7, 11) is 0. The van der Waals surface area contributed by atoms with Crippen molar-refractivity contribution in [2.75, 3.05) is 11.5 Å². The first-order chi connectivity index (χ1) is 12.6. The minimum absolute atomic E-state index is 0.0945. The number of carboxylic acids is 1. The average molecular weight is 400 g/mol. The number of rotatable bonds is 6. The molecule has 0 bridgehead atoms. The number of thiophene rings is 1. The van der Waals surface area contributed by atoms with Crippen LogP contribution in [0.25, 0.3) is 10.6 Å². The van der Waals surface area contributed by atoms with Gasteiger partial charge in [0.05, 0.1) is 22.1 Å². The highest BCUT2D eigenvalue weighted by molar-refractivity contribution is 8.00. The molecule has 0 atom stereocenters. The van der Waals surface area contributed by atoms with Gasteiger partial charge in [-0.25, -0.2) is 4.98 Å². The maximum atomic E-state index is 10.5. The summed E-state index contributed by atoms with van der Waals surface area (Å²) in [6.45, 7) is 2.12. The van der Waals surface area contributed by atoms with Gasteiger partial charge >= 0.3 is 5.97 Å². The van der Waals surface area contributed by atoms with Crippen molar-refractivity contribution in [3.8, 4) is 22.4 Å². The third-order valence-electron chi connectivity index (χ3n) is 3.53. The predicted molar refractivity (Wildman–Crippen MR) is 111 cm³/mol. The number of thiazole rings is 1. The zero-order valence-corrected chi connectivity index (χ0v) is 16.6. The molecular formula is C20H17NO2S3. The molecule has 3 aromatic rings. The summed E-state index contributed by atoms with van der Waals surface area (Å²) in [5.41, 5.74) is 2.27. The smallest absolute Gasteiger partial charge is 0.313 e. The van der Waals surface area contributed by atoms with E-state index >= 15 is 0 Å². The summed E-state index contributed by atoms with van der Waals surface area (Å²) < 4.78 is 0. The molecule has 0 spiro atoms. The summed E-state index contributed by atoms with van der Waals surface area (Å²) >= 11 is 4.72. The van der Waals surface area contributed by atoms with Crippen LogP contribution < -0.4 is 0 Å². The van der Waals surface area contributed by atoms with Crippen molar-refractivity contribution in [2.45, 2.75) is 13.3 Å². The highest BCUT2D eigenvalue weighted by Crippen LogP contribution is 2.29. The standard InChI is InChI=1S/C20H17NO2S3/c1-14-18(21-20(25-14)15-6-3-2-4-7-15)12-17-10-9-16(26-17)8-5-11-24-13-19(22)23/h2-4,6-7,9-10H,11-13H2,1H3,(H,22,23). The fraction of sp³-hybridized carbons (Fsp3) is 0.200. The van der Waals surface area contributed by atoms with Crippen LogP contribution in [0.4, 0.5) is 0 Å². The Bertz CT molecular complexity index is 948. The number of benzene rings is 1. The van der Waals surface area contributed by atoms with Gasteiger partial charge in [0, 0.05) is 21.7 Å². The van der Waals surface area contributed by atoms with E-state index in [9.17, 15) is 4.79 Å². The predicted octanol–water partition coefficient (Wildman–Crippen LogP) is 4.94. The lowest BCUT2D eigenvalue weighted by molar-refractivity contribution is -0.133. The number of nitrogens with zero attached hydrogens (tertiary/aromatic N) is 1. The number of aliphatic carboxylic acids is 1. The van der Waals surface area contributed by atoms with E-state index < -0.39 is 5.97 Å². The van der Waals surface area contributed by atoms with Gasteiger partial charge in [0.1, 0.15) is 5.01 Å². The summed E-state index contributed by atoms with van der Waals surface area (Å²) in [5, 5.41) is 9.66. The van der Waals surface area contributed by atoms with Gasteiger partial charge in [-0.3, -0.25) is 4.79 Å². The van der Waals surface area contributed by atoms with E-state index in [1.54, 1.807) is 22.7 Å². The monoisotopic (exact) mass is 399 g/mol. The van der Waals surface area contributed by atoms with Crippen LogP contribution in [-0.2, 0) is 11.2 Å². The highest BCUT2D eigenvalue weighted by Gasteiger charge is 2.11.